The zero-order valence-electron chi connectivity index (χ0n) is 18.3. The van der Waals surface area contributed by atoms with Gasteiger partial charge in [0.25, 0.3) is 0 Å². The van der Waals surface area contributed by atoms with E-state index in [1.165, 1.54) is 50.8 Å². The molecule has 6 rings (SSSR count). The molecule has 2 atom stereocenters. The van der Waals surface area contributed by atoms with Crippen molar-refractivity contribution < 1.29 is 4.39 Å². The average molecular weight is 426 g/mol. The van der Waals surface area contributed by atoms with Gasteiger partial charge in [-0.2, -0.15) is 0 Å². The standard InChI is InChI=1S/C28H28FN3/c1-17(18-7-10-23(29)11-8-18)31-27-4-2-3-24-25-14-20(9-12-26(25)32-28(24)27)19-5-6-21-15-30-16-22(21)13-19/h5-14,17,27,30-32H,2-4,15-16H2,1H3/t17-,27?/m1/s1. The van der Waals surface area contributed by atoms with Gasteiger partial charge in [0.2, 0.25) is 0 Å². The molecule has 1 aromatic heterocycles. The van der Waals surface area contributed by atoms with Crippen LogP contribution in [0.15, 0.2) is 60.7 Å². The van der Waals surface area contributed by atoms with E-state index in [1.807, 2.05) is 12.1 Å². The SMILES string of the molecule is C[C@@H](NC1CCCc2c1[nH]c1ccc(-c3ccc4c(c3)CNC4)cc21)c1ccc(F)cc1. The topological polar surface area (TPSA) is 39.9 Å². The van der Waals surface area contributed by atoms with Gasteiger partial charge in [-0.05, 0) is 89.9 Å². The predicted octanol–water partition coefficient (Wildman–Crippen LogP) is 6.31. The fraction of sp³-hybridized carbons (Fsp3) is 0.286. The highest BCUT2D eigenvalue weighted by Crippen LogP contribution is 2.38. The summed E-state index contributed by atoms with van der Waals surface area (Å²) < 4.78 is 13.3. The summed E-state index contributed by atoms with van der Waals surface area (Å²) in [5, 5.41) is 8.57. The van der Waals surface area contributed by atoms with Crippen molar-refractivity contribution in [2.45, 2.75) is 51.4 Å². The Bertz CT molecular complexity index is 1290. The van der Waals surface area contributed by atoms with Crippen molar-refractivity contribution in [2.24, 2.45) is 0 Å². The molecule has 0 saturated heterocycles. The molecular weight excluding hydrogens is 397 g/mol. The van der Waals surface area contributed by atoms with Gasteiger partial charge in [0.05, 0.1) is 0 Å². The van der Waals surface area contributed by atoms with Gasteiger partial charge in [0.1, 0.15) is 5.82 Å². The number of aryl methyl sites for hydroxylation is 1. The summed E-state index contributed by atoms with van der Waals surface area (Å²) in [6.07, 6.45) is 3.38. The second-order valence-corrected chi connectivity index (χ2v) is 9.25. The highest BCUT2D eigenvalue weighted by Gasteiger charge is 2.26. The predicted molar refractivity (Wildman–Crippen MR) is 128 cm³/mol. The first-order valence-electron chi connectivity index (χ1n) is 11.6. The Labute approximate surface area is 188 Å². The summed E-state index contributed by atoms with van der Waals surface area (Å²) in [6, 6.07) is 20.9. The van der Waals surface area contributed by atoms with Crippen molar-refractivity contribution in [3.63, 3.8) is 0 Å². The molecule has 2 heterocycles. The van der Waals surface area contributed by atoms with Gasteiger partial charge < -0.3 is 15.6 Å². The highest BCUT2D eigenvalue weighted by molar-refractivity contribution is 5.89. The maximum Gasteiger partial charge on any atom is 0.123 e. The van der Waals surface area contributed by atoms with E-state index >= 15 is 0 Å². The van der Waals surface area contributed by atoms with E-state index in [1.54, 1.807) is 12.1 Å². The molecule has 4 aromatic rings. The minimum Gasteiger partial charge on any atom is -0.357 e. The van der Waals surface area contributed by atoms with Crippen molar-refractivity contribution in [3.8, 4) is 11.1 Å². The van der Waals surface area contributed by atoms with E-state index in [2.05, 4.69) is 58.9 Å². The fourth-order valence-electron chi connectivity index (χ4n) is 5.43. The van der Waals surface area contributed by atoms with Gasteiger partial charge in [-0.3, -0.25) is 0 Å². The number of halogens is 1. The number of aromatic amines is 1. The summed E-state index contributed by atoms with van der Waals surface area (Å²) in [4.78, 5) is 3.72. The minimum absolute atomic E-state index is 0.161. The lowest BCUT2D eigenvalue weighted by Crippen LogP contribution is -2.27. The molecule has 1 aliphatic heterocycles. The third kappa shape index (κ3) is 3.44. The van der Waals surface area contributed by atoms with Gasteiger partial charge in [-0.1, -0.05) is 30.3 Å². The molecule has 3 aromatic carbocycles. The van der Waals surface area contributed by atoms with E-state index in [0.29, 0.717) is 0 Å². The lowest BCUT2D eigenvalue weighted by atomic mass is 9.90. The minimum atomic E-state index is -0.188. The first kappa shape index (κ1) is 19.7. The van der Waals surface area contributed by atoms with Crippen LogP contribution in [-0.2, 0) is 19.5 Å². The van der Waals surface area contributed by atoms with Crippen LogP contribution in [0.2, 0.25) is 0 Å². The molecule has 1 unspecified atom stereocenters. The third-order valence-electron chi connectivity index (χ3n) is 7.20. The molecule has 162 valence electrons. The van der Waals surface area contributed by atoms with Crippen LogP contribution >= 0.6 is 0 Å². The Kier molecular flexibility index (Phi) is 4.85. The average Bonchev–Trinajstić information content (AvgIpc) is 3.43. The van der Waals surface area contributed by atoms with Gasteiger partial charge in [-0.25, -0.2) is 4.39 Å². The summed E-state index contributed by atoms with van der Waals surface area (Å²) in [6.45, 7) is 4.10. The molecule has 3 nitrogen and oxygen atoms in total. The van der Waals surface area contributed by atoms with E-state index in [4.69, 9.17) is 0 Å². The molecular formula is C28H28FN3. The maximum atomic E-state index is 13.3. The summed E-state index contributed by atoms with van der Waals surface area (Å²) in [7, 11) is 0. The lowest BCUT2D eigenvalue weighted by Gasteiger charge is -2.27. The normalized spacial score (nSPS) is 18.5. The molecule has 0 amide bonds. The number of benzene rings is 3. The second kappa shape index (κ2) is 7.88. The Morgan fingerprint density at radius 2 is 1.72 bits per heavy atom. The van der Waals surface area contributed by atoms with Crippen LogP contribution in [0, 0.1) is 5.82 Å². The third-order valence-corrected chi connectivity index (χ3v) is 7.20. The van der Waals surface area contributed by atoms with Crippen molar-refractivity contribution in [1.82, 2.24) is 15.6 Å². The van der Waals surface area contributed by atoms with Crippen LogP contribution < -0.4 is 10.6 Å². The van der Waals surface area contributed by atoms with Crippen molar-refractivity contribution in [3.05, 3.63) is 94.4 Å². The van der Waals surface area contributed by atoms with Gasteiger partial charge in [0.15, 0.2) is 0 Å². The van der Waals surface area contributed by atoms with Crippen LogP contribution in [0.3, 0.4) is 0 Å². The Balaban J connectivity index is 1.32. The number of H-pyrrole nitrogens is 1. The highest BCUT2D eigenvalue weighted by atomic mass is 19.1. The Hall–Kier alpha value is -2.95. The largest absolute Gasteiger partial charge is 0.357 e. The number of rotatable bonds is 4. The monoisotopic (exact) mass is 425 g/mol. The number of aromatic nitrogens is 1. The van der Waals surface area contributed by atoms with Crippen LogP contribution in [0.5, 0.6) is 0 Å². The van der Waals surface area contributed by atoms with E-state index < -0.39 is 0 Å². The van der Waals surface area contributed by atoms with E-state index in [0.717, 1.165) is 31.5 Å². The van der Waals surface area contributed by atoms with E-state index in [9.17, 15) is 4.39 Å². The second-order valence-electron chi connectivity index (χ2n) is 9.25. The number of nitrogens with one attached hydrogen (secondary N) is 3. The lowest BCUT2D eigenvalue weighted by molar-refractivity contribution is 0.410. The molecule has 32 heavy (non-hydrogen) atoms. The first-order chi connectivity index (χ1) is 15.7. The van der Waals surface area contributed by atoms with Crippen LogP contribution in [0.1, 0.15) is 59.8 Å². The quantitative estimate of drug-likeness (QED) is 0.359. The van der Waals surface area contributed by atoms with Crippen LogP contribution in [0.4, 0.5) is 4.39 Å². The van der Waals surface area contributed by atoms with Crippen molar-refractivity contribution >= 4 is 10.9 Å². The Morgan fingerprint density at radius 1 is 0.938 bits per heavy atom. The van der Waals surface area contributed by atoms with Gasteiger partial charge in [-0.15, -0.1) is 0 Å². The van der Waals surface area contributed by atoms with Crippen LogP contribution in [0.25, 0.3) is 22.0 Å². The zero-order valence-corrected chi connectivity index (χ0v) is 18.3. The van der Waals surface area contributed by atoms with Gasteiger partial charge in [0, 0.05) is 41.8 Å². The molecule has 1 aliphatic carbocycles. The summed E-state index contributed by atoms with van der Waals surface area (Å²) >= 11 is 0. The van der Waals surface area contributed by atoms with Crippen LogP contribution in [-0.4, -0.2) is 4.98 Å². The van der Waals surface area contributed by atoms with Crippen molar-refractivity contribution in [2.75, 3.05) is 0 Å². The molecule has 0 spiro atoms. The van der Waals surface area contributed by atoms with E-state index in [-0.39, 0.29) is 17.9 Å². The molecule has 0 fully saturated rings. The molecule has 2 aliphatic rings. The number of hydrogen-bond acceptors (Lipinski definition) is 2. The zero-order chi connectivity index (χ0) is 21.7. The molecule has 0 saturated carbocycles. The number of fused-ring (bicyclic) bond motifs is 4. The number of hydrogen-bond donors (Lipinski definition) is 3. The molecule has 4 heteroatoms. The summed E-state index contributed by atoms with van der Waals surface area (Å²) in [5.41, 5.74) is 10.5. The summed E-state index contributed by atoms with van der Waals surface area (Å²) in [5.74, 6) is -0.188. The molecule has 0 bridgehead atoms. The Morgan fingerprint density at radius 3 is 2.59 bits per heavy atom. The fourth-order valence-corrected chi connectivity index (χ4v) is 5.43. The smallest absolute Gasteiger partial charge is 0.123 e. The maximum absolute atomic E-state index is 13.3. The first-order valence-corrected chi connectivity index (χ1v) is 11.6. The van der Waals surface area contributed by atoms with Gasteiger partial charge >= 0.3 is 0 Å². The van der Waals surface area contributed by atoms with Crippen molar-refractivity contribution in [1.29, 1.82) is 0 Å². The molecule has 3 N–H and O–H groups in total. The molecule has 0 radical (unpaired) electrons.